The van der Waals surface area contributed by atoms with Crippen molar-refractivity contribution in [3.05, 3.63) is 35.9 Å². The van der Waals surface area contributed by atoms with Gasteiger partial charge in [-0.25, -0.2) is 0 Å². The van der Waals surface area contributed by atoms with Crippen LogP contribution in [-0.4, -0.2) is 42.7 Å². The molecule has 0 bridgehead atoms. The quantitative estimate of drug-likeness (QED) is 0.552. The molecule has 0 heterocycles. The molecule has 0 fully saturated rings. The minimum atomic E-state index is -0.556. The van der Waals surface area contributed by atoms with Crippen LogP contribution in [0.4, 0.5) is 0 Å². The number of benzene rings is 1. The summed E-state index contributed by atoms with van der Waals surface area (Å²) in [7, 11) is 1.32. The van der Waals surface area contributed by atoms with E-state index in [0.717, 1.165) is 0 Å². The maximum absolute atomic E-state index is 12.4. The zero-order valence-electron chi connectivity index (χ0n) is 11.8. The second-order valence-corrected chi connectivity index (χ2v) is 4.65. The van der Waals surface area contributed by atoms with Crippen LogP contribution in [0, 0.1) is 0 Å². The molecule has 2 N–H and O–H groups in total. The largest absolute Gasteiger partial charge is 0.469 e. The Morgan fingerprint density at radius 2 is 1.95 bits per heavy atom. The van der Waals surface area contributed by atoms with Crippen LogP contribution >= 0.6 is 0 Å². The van der Waals surface area contributed by atoms with Crippen LogP contribution in [-0.2, 0) is 9.53 Å². The minimum absolute atomic E-state index is 0.0878. The molecule has 0 amide bonds. The number of hydrogen-bond donors (Lipinski definition) is 2. The predicted molar refractivity (Wildman–Crippen MR) is 75.5 cm³/mol. The third-order valence-electron chi connectivity index (χ3n) is 2.90. The monoisotopic (exact) mass is 279 g/mol. The third-order valence-corrected chi connectivity index (χ3v) is 2.90. The number of aliphatic hydroxyl groups is 1. The first-order valence-corrected chi connectivity index (χ1v) is 6.62. The van der Waals surface area contributed by atoms with Gasteiger partial charge in [0.15, 0.2) is 5.78 Å². The van der Waals surface area contributed by atoms with E-state index in [1.165, 1.54) is 7.11 Å². The van der Waals surface area contributed by atoms with Crippen molar-refractivity contribution < 1.29 is 19.4 Å². The molecule has 0 saturated carbocycles. The van der Waals surface area contributed by atoms with Crippen molar-refractivity contribution in [3.63, 3.8) is 0 Å². The number of aliphatic hydroxyl groups excluding tert-OH is 1. The lowest BCUT2D eigenvalue weighted by atomic mass is 10.00. The Morgan fingerprint density at radius 1 is 1.30 bits per heavy atom. The van der Waals surface area contributed by atoms with Crippen LogP contribution in [0.2, 0.25) is 0 Å². The van der Waals surface area contributed by atoms with Crippen molar-refractivity contribution in [2.45, 2.75) is 31.9 Å². The number of rotatable bonds is 8. The molecular weight excluding hydrogens is 258 g/mol. The van der Waals surface area contributed by atoms with Gasteiger partial charge in [0.2, 0.25) is 0 Å². The van der Waals surface area contributed by atoms with Gasteiger partial charge in [0.25, 0.3) is 0 Å². The highest BCUT2D eigenvalue weighted by molar-refractivity contribution is 6.00. The molecule has 0 aliphatic rings. The van der Waals surface area contributed by atoms with Gasteiger partial charge in [-0.3, -0.25) is 9.59 Å². The summed E-state index contributed by atoms with van der Waals surface area (Å²) in [5, 5.41) is 12.3. The Morgan fingerprint density at radius 3 is 2.50 bits per heavy atom. The highest BCUT2D eigenvalue weighted by Gasteiger charge is 2.21. The van der Waals surface area contributed by atoms with E-state index in [1.54, 1.807) is 31.2 Å². The maximum atomic E-state index is 12.4. The van der Waals surface area contributed by atoms with E-state index in [4.69, 9.17) is 0 Å². The number of ether oxygens (including phenoxy) is 1. The van der Waals surface area contributed by atoms with Gasteiger partial charge in [-0.05, 0) is 13.3 Å². The van der Waals surface area contributed by atoms with Gasteiger partial charge < -0.3 is 15.2 Å². The molecule has 0 aromatic heterocycles. The number of hydrogen-bond acceptors (Lipinski definition) is 5. The molecule has 2 unspecified atom stereocenters. The summed E-state index contributed by atoms with van der Waals surface area (Å²) < 4.78 is 4.58. The van der Waals surface area contributed by atoms with Crippen LogP contribution in [0.3, 0.4) is 0 Å². The normalized spacial score (nSPS) is 13.6. The zero-order valence-corrected chi connectivity index (χ0v) is 11.8. The van der Waals surface area contributed by atoms with E-state index in [1.807, 2.05) is 6.07 Å². The number of esters is 1. The van der Waals surface area contributed by atoms with Crippen molar-refractivity contribution in [2.75, 3.05) is 13.7 Å². The molecule has 0 radical (unpaired) electrons. The molecule has 0 spiro atoms. The predicted octanol–water partition coefficient (Wildman–Crippen LogP) is 1.16. The molecule has 1 rings (SSSR count). The molecular formula is C15H21NO4. The number of ketones is 1. The molecule has 1 aromatic rings. The van der Waals surface area contributed by atoms with Gasteiger partial charge in [-0.1, -0.05) is 30.3 Å². The Labute approximate surface area is 118 Å². The Hall–Kier alpha value is -1.72. The van der Waals surface area contributed by atoms with Gasteiger partial charge in [-0.2, -0.15) is 0 Å². The van der Waals surface area contributed by atoms with Gasteiger partial charge >= 0.3 is 5.97 Å². The first kappa shape index (κ1) is 16.3. The first-order valence-electron chi connectivity index (χ1n) is 6.62. The standard InChI is InChI=1S/C15H21NO4/c1-11(17)10-16-13(8-9-14(18)20-2)15(19)12-6-4-3-5-7-12/h3-7,11,13,16-17H,8-10H2,1-2H3. The van der Waals surface area contributed by atoms with Crippen molar-refractivity contribution in [3.8, 4) is 0 Å². The maximum Gasteiger partial charge on any atom is 0.305 e. The van der Waals surface area contributed by atoms with E-state index < -0.39 is 12.1 Å². The second kappa shape index (κ2) is 8.45. The van der Waals surface area contributed by atoms with Crippen LogP contribution < -0.4 is 5.32 Å². The fourth-order valence-corrected chi connectivity index (χ4v) is 1.81. The van der Waals surface area contributed by atoms with E-state index in [2.05, 4.69) is 10.1 Å². The summed E-state index contributed by atoms with van der Waals surface area (Å²) in [5.74, 6) is -0.440. The van der Waals surface area contributed by atoms with Crippen LogP contribution in [0.15, 0.2) is 30.3 Å². The molecule has 0 aliphatic carbocycles. The number of methoxy groups -OCH3 is 1. The van der Waals surface area contributed by atoms with E-state index in [-0.39, 0.29) is 18.2 Å². The molecule has 0 saturated heterocycles. The number of carbonyl (C=O) groups is 2. The Kier molecular flexibility index (Phi) is 6.90. The van der Waals surface area contributed by atoms with Crippen molar-refractivity contribution in [1.82, 2.24) is 5.32 Å². The summed E-state index contributed by atoms with van der Waals surface area (Å²) in [6.07, 6.45) is -0.0566. The number of nitrogens with one attached hydrogen (secondary N) is 1. The molecule has 1 aromatic carbocycles. The number of carbonyl (C=O) groups excluding carboxylic acids is 2. The summed E-state index contributed by atoms with van der Waals surface area (Å²) in [5.41, 5.74) is 0.584. The molecule has 2 atom stereocenters. The fourth-order valence-electron chi connectivity index (χ4n) is 1.81. The average molecular weight is 279 g/mol. The van der Waals surface area contributed by atoms with E-state index >= 15 is 0 Å². The molecule has 5 heteroatoms. The third kappa shape index (κ3) is 5.50. The first-order chi connectivity index (χ1) is 9.54. The molecule has 110 valence electrons. The zero-order chi connectivity index (χ0) is 15.0. The summed E-state index contributed by atoms with van der Waals surface area (Å²) in [6.45, 7) is 1.93. The van der Waals surface area contributed by atoms with E-state index in [9.17, 15) is 14.7 Å². The van der Waals surface area contributed by atoms with Crippen LogP contribution in [0.5, 0.6) is 0 Å². The summed E-state index contributed by atoms with van der Waals surface area (Å²) >= 11 is 0. The summed E-state index contributed by atoms with van der Waals surface area (Å²) in [6, 6.07) is 8.38. The lowest BCUT2D eigenvalue weighted by Gasteiger charge is -2.18. The topological polar surface area (TPSA) is 75.6 Å². The highest BCUT2D eigenvalue weighted by atomic mass is 16.5. The van der Waals surface area contributed by atoms with Crippen molar-refractivity contribution in [1.29, 1.82) is 0 Å². The Bertz CT molecular complexity index is 431. The molecule has 5 nitrogen and oxygen atoms in total. The Balaban J connectivity index is 2.70. The number of Topliss-reactive ketones (excluding diaryl/α,β-unsaturated/α-hetero) is 1. The van der Waals surface area contributed by atoms with Crippen molar-refractivity contribution >= 4 is 11.8 Å². The van der Waals surface area contributed by atoms with E-state index in [0.29, 0.717) is 18.5 Å². The minimum Gasteiger partial charge on any atom is -0.469 e. The second-order valence-electron chi connectivity index (χ2n) is 4.65. The smallest absolute Gasteiger partial charge is 0.305 e. The lowest BCUT2D eigenvalue weighted by Crippen LogP contribution is -2.40. The van der Waals surface area contributed by atoms with Gasteiger partial charge in [-0.15, -0.1) is 0 Å². The van der Waals surface area contributed by atoms with Crippen LogP contribution in [0.1, 0.15) is 30.1 Å². The van der Waals surface area contributed by atoms with Crippen molar-refractivity contribution in [2.24, 2.45) is 0 Å². The summed E-state index contributed by atoms with van der Waals surface area (Å²) in [4.78, 5) is 23.6. The van der Waals surface area contributed by atoms with Gasteiger partial charge in [0, 0.05) is 18.5 Å². The van der Waals surface area contributed by atoms with Gasteiger partial charge in [0.1, 0.15) is 0 Å². The van der Waals surface area contributed by atoms with Crippen LogP contribution in [0.25, 0.3) is 0 Å². The fraction of sp³-hybridized carbons (Fsp3) is 0.467. The lowest BCUT2D eigenvalue weighted by molar-refractivity contribution is -0.140. The highest BCUT2D eigenvalue weighted by Crippen LogP contribution is 2.09. The van der Waals surface area contributed by atoms with Gasteiger partial charge in [0.05, 0.1) is 19.3 Å². The molecule has 0 aliphatic heterocycles. The molecule has 20 heavy (non-hydrogen) atoms. The SMILES string of the molecule is COC(=O)CCC(NCC(C)O)C(=O)c1ccccc1. The average Bonchev–Trinajstić information content (AvgIpc) is 2.47.